The van der Waals surface area contributed by atoms with Gasteiger partial charge in [-0.3, -0.25) is 9.59 Å². The van der Waals surface area contributed by atoms with Gasteiger partial charge in [0.15, 0.2) is 0 Å². The zero-order chi connectivity index (χ0) is 18.4. The first-order valence-electron chi connectivity index (χ1n) is 7.53. The molecule has 2 aromatic rings. The minimum absolute atomic E-state index is 0.199. The molecular formula is C18H17F3N2O2. The molecule has 0 bridgehead atoms. The lowest BCUT2D eigenvalue weighted by molar-refractivity contribution is -0.137. The summed E-state index contributed by atoms with van der Waals surface area (Å²) in [7, 11) is 0. The molecule has 0 aliphatic rings. The summed E-state index contributed by atoms with van der Waals surface area (Å²) in [6.07, 6.45) is -4.58. The van der Waals surface area contributed by atoms with Crippen LogP contribution >= 0.6 is 0 Å². The second-order valence-electron chi connectivity index (χ2n) is 5.45. The maximum atomic E-state index is 13.0. The first kappa shape index (κ1) is 18.5. The molecule has 0 atom stereocenters. The molecule has 0 heterocycles. The van der Waals surface area contributed by atoms with Crippen LogP contribution in [0.25, 0.3) is 0 Å². The Balaban J connectivity index is 2.09. The summed E-state index contributed by atoms with van der Waals surface area (Å²) in [5.74, 6) is -1.04. The SMILES string of the molecule is CC(=O)N(CC(=O)Nc1ccccc1C(F)(F)F)Cc1ccccc1. The Kier molecular flexibility index (Phi) is 5.80. The predicted octanol–water partition coefficient (Wildman–Crippen LogP) is 3.69. The molecule has 132 valence electrons. The first-order chi connectivity index (χ1) is 11.8. The van der Waals surface area contributed by atoms with Gasteiger partial charge in [0.1, 0.15) is 6.54 Å². The molecular weight excluding hydrogens is 333 g/mol. The van der Waals surface area contributed by atoms with Crippen LogP contribution in [0.3, 0.4) is 0 Å². The van der Waals surface area contributed by atoms with Crippen molar-refractivity contribution in [3.8, 4) is 0 Å². The predicted molar refractivity (Wildman–Crippen MR) is 87.6 cm³/mol. The van der Waals surface area contributed by atoms with E-state index >= 15 is 0 Å². The van der Waals surface area contributed by atoms with E-state index in [4.69, 9.17) is 0 Å². The highest BCUT2D eigenvalue weighted by atomic mass is 19.4. The van der Waals surface area contributed by atoms with Crippen molar-refractivity contribution in [3.05, 3.63) is 65.7 Å². The van der Waals surface area contributed by atoms with Gasteiger partial charge in [-0.25, -0.2) is 0 Å². The van der Waals surface area contributed by atoms with E-state index in [2.05, 4.69) is 5.32 Å². The van der Waals surface area contributed by atoms with Crippen molar-refractivity contribution in [2.45, 2.75) is 19.6 Å². The van der Waals surface area contributed by atoms with Crippen molar-refractivity contribution in [1.29, 1.82) is 0 Å². The van der Waals surface area contributed by atoms with E-state index < -0.39 is 17.6 Å². The number of nitrogens with one attached hydrogen (secondary N) is 1. The lowest BCUT2D eigenvalue weighted by Gasteiger charge is -2.21. The van der Waals surface area contributed by atoms with Gasteiger partial charge >= 0.3 is 6.18 Å². The highest BCUT2D eigenvalue weighted by molar-refractivity contribution is 5.95. The number of anilines is 1. The Morgan fingerprint density at radius 3 is 2.20 bits per heavy atom. The van der Waals surface area contributed by atoms with Gasteiger partial charge in [0.2, 0.25) is 11.8 Å². The molecule has 0 radical (unpaired) electrons. The summed E-state index contributed by atoms with van der Waals surface area (Å²) < 4.78 is 38.9. The van der Waals surface area contributed by atoms with E-state index in [1.807, 2.05) is 6.07 Å². The van der Waals surface area contributed by atoms with Crippen LogP contribution in [-0.4, -0.2) is 23.3 Å². The molecule has 25 heavy (non-hydrogen) atoms. The average Bonchev–Trinajstić information content (AvgIpc) is 2.54. The van der Waals surface area contributed by atoms with Gasteiger partial charge in [-0.1, -0.05) is 42.5 Å². The Bertz CT molecular complexity index is 745. The summed E-state index contributed by atoms with van der Waals surface area (Å²) in [4.78, 5) is 25.1. The number of halogens is 3. The summed E-state index contributed by atoms with van der Waals surface area (Å²) in [5, 5.41) is 2.24. The van der Waals surface area contributed by atoms with E-state index in [1.165, 1.54) is 30.0 Å². The number of rotatable bonds is 5. The second kappa shape index (κ2) is 7.83. The van der Waals surface area contributed by atoms with Crippen LogP contribution < -0.4 is 5.32 Å². The van der Waals surface area contributed by atoms with Gasteiger partial charge in [0.05, 0.1) is 11.3 Å². The molecule has 0 unspecified atom stereocenters. The van der Waals surface area contributed by atoms with Gasteiger partial charge in [0.25, 0.3) is 0 Å². The molecule has 0 aliphatic carbocycles. The van der Waals surface area contributed by atoms with Crippen LogP contribution in [0, 0.1) is 0 Å². The number of carbonyl (C=O) groups is 2. The number of para-hydroxylation sites is 1. The van der Waals surface area contributed by atoms with Gasteiger partial charge < -0.3 is 10.2 Å². The molecule has 0 fully saturated rings. The molecule has 1 N–H and O–H groups in total. The quantitative estimate of drug-likeness (QED) is 0.894. The number of amides is 2. The highest BCUT2D eigenvalue weighted by Gasteiger charge is 2.33. The van der Waals surface area contributed by atoms with E-state index in [9.17, 15) is 22.8 Å². The van der Waals surface area contributed by atoms with Crippen molar-refractivity contribution in [2.24, 2.45) is 0 Å². The molecule has 4 nitrogen and oxygen atoms in total. The fraction of sp³-hybridized carbons (Fsp3) is 0.222. The van der Waals surface area contributed by atoms with Crippen molar-refractivity contribution < 1.29 is 22.8 Å². The first-order valence-corrected chi connectivity index (χ1v) is 7.53. The summed E-state index contributed by atoms with van der Waals surface area (Å²) in [6, 6.07) is 13.7. The zero-order valence-electron chi connectivity index (χ0n) is 13.5. The van der Waals surface area contributed by atoms with Gasteiger partial charge in [-0.2, -0.15) is 13.2 Å². The Hall–Kier alpha value is -2.83. The number of hydrogen-bond donors (Lipinski definition) is 1. The molecule has 0 aliphatic heterocycles. The zero-order valence-corrected chi connectivity index (χ0v) is 13.5. The van der Waals surface area contributed by atoms with Crippen LogP contribution in [0.4, 0.5) is 18.9 Å². The molecule has 7 heteroatoms. The smallest absolute Gasteiger partial charge is 0.329 e. The fourth-order valence-corrected chi connectivity index (χ4v) is 2.28. The van der Waals surface area contributed by atoms with E-state index in [0.717, 1.165) is 11.6 Å². The number of hydrogen-bond acceptors (Lipinski definition) is 2. The van der Waals surface area contributed by atoms with Gasteiger partial charge in [-0.15, -0.1) is 0 Å². The van der Waals surface area contributed by atoms with Crippen molar-refractivity contribution in [2.75, 3.05) is 11.9 Å². The van der Waals surface area contributed by atoms with Crippen LogP contribution in [0.15, 0.2) is 54.6 Å². The van der Waals surface area contributed by atoms with Gasteiger partial charge in [0, 0.05) is 13.5 Å². The average molecular weight is 350 g/mol. The Morgan fingerprint density at radius 1 is 1.00 bits per heavy atom. The van der Waals surface area contributed by atoms with E-state index in [-0.39, 0.29) is 24.7 Å². The molecule has 0 saturated heterocycles. The van der Waals surface area contributed by atoms with Crippen molar-refractivity contribution in [1.82, 2.24) is 4.90 Å². The Morgan fingerprint density at radius 2 is 1.60 bits per heavy atom. The topological polar surface area (TPSA) is 49.4 Å². The fourth-order valence-electron chi connectivity index (χ4n) is 2.28. The minimum Gasteiger partial charge on any atom is -0.329 e. The largest absolute Gasteiger partial charge is 0.418 e. The maximum absolute atomic E-state index is 13.0. The van der Waals surface area contributed by atoms with Crippen molar-refractivity contribution in [3.63, 3.8) is 0 Å². The third kappa shape index (κ3) is 5.34. The lowest BCUT2D eigenvalue weighted by Crippen LogP contribution is -2.36. The molecule has 0 saturated carbocycles. The van der Waals surface area contributed by atoms with Crippen LogP contribution in [0.2, 0.25) is 0 Å². The van der Waals surface area contributed by atoms with E-state index in [1.54, 1.807) is 24.3 Å². The van der Waals surface area contributed by atoms with Crippen LogP contribution in [0.5, 0.6) is 0 Å². The molecule has 2 rings (SSSR count). The van der Waals surface area contributed by atoms with Gasteiger partial charge in [-0.05, 0) is 17.7 Å². The molecule has 2 aromatic carbocycles. The number of alkyl halides is 3. The van der Waals surface area contributed by atoms with E-state index in [0.29, 0.717) is 0 Å². The standard InChI is InChI=1S/C18H17F3N2O2/c1-13(24)23(11-14-7-3-2-4-8-14)12-17(25)22-16-10-6-5-9-15(16)18(19,20)21/h2-10H,11-12H2,1H3,(H,22,25). The summed E-state index contributed by atoms with van der Waals surface area (Å²) in [5.41, 5.74) is -0.440. The molecule has 0 aromatic heterocycles. The summed E-state index contributed by atoms with van der Waals surface area (Å²) >= 11 is 0. The van der Waals surface area contributed by atoms with Crippen LogP contribution in [-0.2, 0) is 22.3 Å². The Labute approximate surface area is 143 Å². The van der Waals surface area contributed by atoms with Crippen LogP contribution in [0.1, 0.15) is 18.1 Å². The normalized spacial score (nSPS) is 11.0. The third-order valence-corrected chi connectivity index (χ3v) is 3.50. The number of benzene rings is 2. The highest BCUT2D eigenvalue weighted by Crippen LogP contribution is 2.34. The maximum Gasteiger partial charge on any atom is 0.418 e. The lowest BCUT2D eigenvalue weighted by atomic mass is 10.1. The second-order valence-corrected chi connectivity index (χ2v) is 5.45. The summed E-state index contributed by atoms with van der Waals surface area (Å²) in [6.45, 7) is 1.17. The minimum atomic E-state index is -4.58. The monoisotopic (exact) mass is 350 g/mol. The molecule has 0 spiro atoms. The number of nitrogens with zero attached hydrogens (tertiary/aromatic N) is 1. The van der Waals surface area contributed by atoms with Crippen molar-refractivity contribution >= 4 is 17.5 Å². The molecule has 2 amide bonds. The third-order valence-electron chi connectivity index (χ3n) is 3.50. The number of carbonyl (C=O) groups excluding carboxylic acids is 2.